The summed E-state index contributed by atoms with van der Waals surface area (Å²) in [5.41, 5.74) is 7.00. The number of nitrogens with two attached hydrogens (primary N) is 1. The van der Waals surface area contributed by atoms with Crippen molar-refractivity contribution in [1.29, 1.82) is 0 Å². The summed E-state index contributed by atoms with van der Waals surface area (Å²) in [6.07, 6.45) is 0.742. The van der Waals surface area contributed by atoms with E-state index in [1.54, 1.807) is 11.0 Å². The monoisotopic (exact) mass is 361 g/mol. The van der Waals surface area contributed by atoms with Gasteiger partial charge in [0.1, 0.15) is 17.0 Å². The summed E-state index contributed by atoms with van der Waals surface area (Å²) in [6, 6.07) is 8.23. The van der Waals surface area contributed by atoms with Crippen molar-refractivity contribution in [2.24, 2.45) is 5.73 Å². The van der Waals surface area contributed by atoms with Gasteiger partial charge in [0.05, 0.1) is 5.88 Å². The number of carbonyl (C=O) groups excluding carboxylic acids is 2. The zero-order chi connectivity index (χ0) is 18.2. The molecule has 6 nitrogen and oxygen atoms in total. The highest BCUT2D eigenvalue weighted by molar-refractivity contribution is 8.01. The first-order valence-electron chi connectivity index (χ1n) is 8.24. The fraction of sp³-hybridized carbons (Fsp3) is 0.444. The van der Waals surface area contributed by atoms with Crippen LogP contribution < -0.4 is 5.73 Å². The Bertz CT molecular complexity index is 683. The van der Waals surface area contributed by atoms with Gasteiger partial charge in [0, 0.05) is 12.6 Å². The summed E-state index contributed by atoms with van der Waals surface area (Å²) in [5.74, 6) is -0.213. The number of fused-ring (bicyclic) bond motifs is 1. The Morgan fingerprint density at radius 1 is 1.52 bits per heavy atom. The van der Waals surface area contributed by atoms with Gasteiger partial charge >= 0.3 is 0 Å². The number of rotatable bonds is 6. The smallest absolute Gasteiger partial charge is 0.254 e. The molecule has 2 amide bonds. The molecule has 0 radical (unpaired) electrons. The van der Waals surface area contributed by atoms with Crippen molar-refractivity contribution >= 4 is 23.6 Å². The second-order valence-electron chi connectivity index (χ2n) is 6.57. The van der Waals surface area contributed by atoms with Crippen LogP contribution >= 0.6 is 11.8 Å². The van der Waals surface area contributed by atoms with E-state index in [2.05, 4.69) is 6.58 Å². The molecule has 3 rings (SSSR count). The highest BCUT2D eigenvalue weighted by atomic mass is 32.2. The molecular formula is C18H23N3O3S. The SMILES string of the molecule is C=CCN1C(=O)[C@H]2N(C(=O)[C@@H](O)[C@@H](N)Cc3ccccc3)CSC21C. The standard InChI is InChI=1S/C18H23N3O3S/c1-3-9-21-17(24)15-18(21,2)25-11-20(15)16(23)14(22)13(19)10-12-7-5-4-6-8-12/h3-8,13-15,22H,1,9-11,19H2,2H3/t13-,14-,15+,18?/m0/s1. The third kappa shape index (κ3) is 2.96. The van der Waals surface area contributed by atoms with Crippen LogP contribution in [-0.4, -0.2) is 62.2 Å². The molecule has 0 spiro atoms. The van der Waals surface area contributed by atoms with Gasteiger partial charge < -0.3 is 20.6 Å². The fourth-order valence-electron chi connectivity index (χ4n) is 3.47. The number of amides is 2. The van der Waals surface area contributed by atoms with E-state index in [4.69, 9.17) is 5.73 Å². The summed E-state index contributed by atoms with van der Waals surface area (Å²) < 4.78 is 0. The number of hydrogen-bond donors (Lipinski definition) is 2. The van der Waals surface area contributed by atoms with Crippen LogP contribution in [0.3, 0.4) is 0 Å². The van der Waals surface area contributed by atoms with Crippen molar-refractivity contribution in [3.63, 3.8) is 0 Å². The average Bonchev–Trinajstić information content (AvgIpc) is 2.93. The number of thioether (sulfide) groups is 1. The number of likely N-dealkylation sites (tertiary alicyclic amines) is 1. The van der Waals surface area contributed by atoms with Gasteiger partial charge in [-0.15, -0.1) is 18.3 Å². The summed E-state index contributed by atoms with van der Waals surface area (Å²) in [6.45, 7) is 6.06. The molecule has 2 aliphatic rings. The molecular weight excluding hydrogens is 338 g/mol. The van der Waals surface area contributed by atoms with E-state index in [0.29, 0.717) is 18.8 Å². The van der Waals surface area contributed by atoms with E-state index in [1.165, 1.54) is 16.7 Å². The second kappa shape index (κ2) is 6.82. The molecule has 3 N–H and O–H groups in total. The van der Waals surface area contributed by atoms with Crippen molar-refractivity contribution in [1.82, 2.24) is 9.80 Å². The predicted molar refractivity (Wildman–Crippen MR) is 97.5 cm³/mol. The van der Waals surface area contributed by atoms with E-state index >= 15 is 0 Å². The van der Waals surface area contributed by atoms with E-state index in [9.17, 15) is 14.7 Å². The molecule has 2 saturated heterocycles. The van der Waals surface area contributed by atoms with Crippen molar-refractivity contribution in [2.75, 3.05) is 12.4 Å². The summed E-state index contributed by atoms with van der Waals surface area (Å²) in [5, 5.41) is 10.4. The Morgan fingerprint density at radius 2 is 2.20 bits per heavy atom. The molecule has 2 heterocycles. The van der Waals surface area contributed by atoms with Gasteiger partial charge in [0.25, 0.3) is 5.91 Å². The quantitative estimate of drug-likeness (QED) is 0.571. The number of aliphatic hydroxyl groups is 1. The summed E-state index contributed by atoms with van der Waals surface area (Å²) in [7, 11) is 0. The molecule has 1 aromatic rings. The lowest BCUT2D eigenvalue weighted by Crippen LogP contribution is -2.73. The lowest BCUT2D eigenvalue weighted by Gasteiger charge is -2.52. The Hall–Kier alpha value is -1.83. The largest absolute Gasteiger partial charge is 0.382 e. The molecule has 0 saturated carbocycles. The molecule has 2 aliphatic heterocycles. The highest BCUT2D eigenvalue weighted by Crippen LogP contribution is 2.50. The normalized spacial score (nSPS) is 27.5. The molecule has 0 aliphatic carbocycles. The zero-order valence-electron chi connectivity index (χ0n) is 14.2. The first-order valence-corrected chi connectivity index (χ1v) is 9.23. The Balaban J connectivity index is 1.67. The van der Waals surface area contributed by atoms with E-state index < -0.39 is 29.0 Å². The number of nitrogens with zero attached hydrogens (tertiary/aromatic N) is 2. The maximum absolute atomic E-state index is 12.7. The number of carbonyl (C=O) groups is 2. The van der Waals surface area contributed by atoms with Crippen LogP contribution in [0.4, 0.5) is 0 Å². The van der Waals surface area contributed by atoms with Crippen molar-refractivity contribution in [3.05, 3.63) is 48.6 Å². The lowest BCUT2D eigenvalue weighted by atomic mass is 9.93. The van der Waals surface area contributed by atoms with Gasteiger partial charge in [-0.2, -0.15) is 0 Å². The predicted octanol–water partition coefficient (Wildman–Crippen LogP) is 0.563. The number of benzene rings is 1. The molecule has 2 fully saturated rings. The minimum Gasteiger partial charge on any atom is -0.382 e. The molecule has 1 aromatic carbocycles. The van der Waals surface area contributed by atoms with E-state index in [0.717, 1.165) is 5.56 Å². The number of aliphatic hydroxyl groups excluding tert-OH is 1. The molecule has 7 heteroatoms. The van der Waals surface area contributed by atoms with Gasteiger partial charge in [-0.05, 0) is 18.9 Å². The zero-order valence-corrected chi connectivity index (χ0v) is 15.0. The lowest BCUT2D eigenvalue weighted by molar-refractivity contribution is -0.166. The van der Waals surface area contributed by atoms with Crippen molar-refractivity contribution in [3.8, 4) is 0 Å². The molecule has 1 unspecified atom stereocenters. The van der Waals surface area contributed by atoms with Crippen LogP contribution in [0.25, 0.3) is 0 Å². The Kier molecular flexibility index (Phi) is 4.90. The van der Waals surface area contributed by atoms with Crippen LogP contribution in [-0.2, 0) is 16.0 Å². The molecule has 0 aromatic heterocycles. The minimum absolute atomic E-state index is 0.107. The maximum Gasteiger partial charge on any atom is 0.254 e. The molecule has 0 bridgehead atoms. The van der Waals surface area contributed by atoms with E-state index in [1.807, 2.05) is 37.3 Å². The maximum atomic E-state index is 12.7. The second-order valence-corrected chi connectivity index (χ2v) is 7.95. The number of hydrogen-bond acceptors (Lipinski definition) is 5. The molecule has 134 valence electrons. The summed E-state index contributed by atoms with van der Waals surface area (Å²) in [4.78, 5) is 27.8. The van der Waals surface area contributed by atoms with Gasteiger partial charge in [-0.3, -0.25) is 9.59 Å². The Morgan fingerprint density at radius 3 is 2.84 bits per heavy atom. The average molecular weight is 361 g/mol. The van der Waals surface area contributed by atoms with Crippen LogP contribution in [0, 0.1) is 0 Å². The first kappa shape index (κ1) is 18.0. The third-order valence-corrected chi connectivity index (χ3v) is 6.35. The first-order chi connectivity index (χ1) is 11.9. The molecule has 4 atom stereocenters. The van der Waals surface area contributed by atoms with Gasteiger partial charge in [0.2, 0.25) is 5.91 Å². The minimum atomic E-state index is -1.33. The fourth-order valence-corrected chi connectivity index (χ4v) is 4.86. The summed E-state index contributed by atoms with van der Waals surface area (Å²) >= 11 is 1.53. The van der Waals surface area contributed by atoms with Crippen LogP contribution in [0.1, 0.15) is 12.5 Å². The third-order valence-electron chi connectivity index (χ3n) is 4.92. The van der Waals surface area contributed by atoms with Gasteiger partial charge in [-0.25, -0.2) is 0 Å². The Labute approximate surface area is 151 Å². The van der Waals surface area contributed by atoms with E-state index in [-0.39, 0.29) is 5.91 Å². The highest BCUT2D eigenvalue weighted by Gasteiger charge is 2.64. The topological polar surface area (TPSA) is 86.9 Å². The van der Waals surface area contributed by atoms with Gasteiger partial charge in [-0.1, -0.05) is 36.4 Å². The number of β-lactam (4-membered cyclic amide) rings is 1. The van der Waals surface area contributed by atoms with Crippen molar-refractivity contribution in [2.45, 2.75) is 36.4 Å². The molecule has 25 heavy (non-hydrogen) atoms. The van der Waals surface area contributed by atoms with Crippen LogP contribution in [0.15, 0.2) is 43.0 Å². The van der Waals surface area contributed by atoms with Crippen LogP contribution in [0.2, 0.25) is 0 Å². The van der Waals surface area contributed by atoms with Crippen LogP contribution in [0.5, 0.6) is 0 Å². The van der Waals surface area contributed by atoms with Crippen molar-refractivity contribution < 1.29 is 14.7 Å². The van der Waals surface area contributed by atoms with Gasteiger partial charge in [0.15, 0.2) is 0 Å².